The first-order valence-electron chi connectivity index (χ1n) is 7.35. The van der Waals surface area contributed by atoms with E-state index in [9.17, 15) is 4.79 Å². The molecule has 1 aromatic rings. The summed E-state index contributed by atoms with van der Waals surface area (Å²) in [5.41, 5.74) is 0.355. The second kappa shape index (κ2) is 6.39. The Labute approximate surface area is 120 Å². The van der Waals surface area contributed by atoms with E-state index in [0.717, 1.165) is 18.8 Å². The first-order valence-corrected chi connectivity index (χ1v) is 7.35. The molecule has 1 N–H and O–H groups in total. The SMILES string of the molecule is CC(C)c1cc(C(=O)NC[C@H]2CCO[C@@H]2C(C)C)no1. The Balaban J connectivity index is 1.88. The first-order chi connectivity index (χ1) is 9.49. The maximum atomic E-state index is 12.0. The minimum atomic E-state index is -0.171. The molecule has 0 spiro atoms. The van der Waals surface area contributed by atoms with Crippen molar-refractivity contribution in [3.05, 3.63) is 17.5 Å². The Morgan fingerprint density at radius 3 is 2.80 bits per heavy atom. The largest absolute Gasteiger partial charge is 0.378 e. The summed E-state index contributed by atoms with van der Waals surface area (Å²) in [5.74, 6) is 1.65. The van der Waals surface area contributed by atoms with Gasteiger partial charge in [0.25, 0.3) is 5.91 Å². The van der Waals surface area contributed by atoms with Gasteiger partial charge in [-0.15, -0.1) is 0 Å². The van der Waals surface area contributed by atoms with Gasteiger partial charge < -0.3 is 14.6 Å². The fourth-order valence-electron chi connectivity index (χ4n) is 2.59. The summed E-state index contributed by atoms with van der Waals surface area (Å²) in [7, 11) is 0. The van der Waals surface area contributed by atoms with E-state index in [1.807, 2.05) is 13.8 Å². The Hall–Kier alpha value is -1.36. The van der Waals surface area contributed by atoms with Crippen molar-refractivity contribution in [1.29, 1.82) is 0 Å². The number of ether oxygens (including phenoxy) is 1. The van der Waals surface area contributed by atoms with Crippen LogP contribution in [0.1, 0.15) is 56.3 Å². The third-order valence-corrected chi connectivity index (χ3v) is 3.78. The van der Waals surface area contributed by atoms with Crippen molar-refractivity contribution in [2.45, 2.75) is 46.1 Å². The lowest BCUT2D eigenvalue weighted by molar-refractivity contribution is 0.0533. The fourth-order valence-corrected chi connectivity index (χ4v) is 2.59. The van der Waals surface area contributed by atoms with E-state index < -0.39 is 0 Å². The van der Waals surface area contributed by atoms with Crippen LogP contribution < -0.4 is 5.32 Å². The molecule has 0 unspecified atom stereocenters. The molecule has 0 aliphatic carbocycles. The average Bonchev–Trinajstić information content (AvgIpc) is 3.04. The van der Waals surface area contributed by atoms with Gasteiger partial charge >= 0.3 is 0 Å². The first kappa shape index (κ1) is 15.0. The van der Waals surface area contributed by atoms with Crippen LogP contribution in [0.2, 0.25) is 0 Å². The highest BCUT2D eigenvalue weighted by molar-refractivity contribution is 5.92. The number of aromatic nitrogens is 1. The summed E-state index contributed by atoms with van der Waals surface area (Å²) in [6, 6.07) is 1.71. The van der Waals surface area contributed by atoms with Crippen molar-refractivity contribution >= 4 is 5.91 Å². The predicted octanol–water partition coefficient (Wildman–Crippen LogP) is 2.59. The van der Waals surface area contributed by atoms with Gasteiger partial charge in [-0.25, -0.2) is 0 Å². The van der Waals surface area contributed by atoms with Crippen LogP contribution in [0.4, 0.5) is 0 Å². The molecule has 0 radical (unpaired) electrons. The average molecular weight is 280 g/mol. The number of carbonyl (C=O) groups is 1. The van der Waals surface area contributed by atoms with Crippen LogP contribution >= 0.6 is 0 Å². The molecule has 0 bridgehead atoms. The van der Waals surface area contributed by atoms with Crippen LogP contribution in [0, 0.1) is 11.8 Å². The number of carbonyl (C=O) groups excluding carboxylic acids is 1. The lowest BCUT2D eigenvalue weighted by atomic mass is 9.93. The molecule has 1 saturated heterocycles. The molecule has 2 rings (SSSR count). The van der Waals surface area contributed by atoms with Gasteiger partial charge in [0.1, 0.15) is 5.76 Å². The lowest BCUT2D eigenvalue weighted by Gasteiger charge is -2.21. The van der Waals surface area contributed by atoms with Crippen LogP contribution in [0.15, 0.2) is 10.6 Å². The summed E-state index contributed by atoms with van der Waals surface area (Å²) in [6.07, 6.45) is 1.23. The fraction of sp³-hybridized carbons (Fsp3) is 0.733. The van der Waals surface area contributed by atoms with Gasteiger partial charge in [-0.3, -0.25) is 4.79 Å². The van der Waals surface area contributed by atoms with Crippen LogP contribution in [0.5, 0.6) is 0 Å². The molecule has 1 aliphatic heterocycles. The van der Waals surface area contributed by atoms with E-state index in [1.54, 1.807) is 6.07 Å². The number of hydrogen-bond donors (Lipinski definition) is 1. The molecule has 1 aromatic heterocycles. The van der Waals surface area contributed by atoms with Crippen LogP contribution in [0.25, 0.3) is 0 Å². The van der Waals surface area contributed by atoms with Crippen molar-refractivity contribution in [2.24, 2.45) is 11.8 Å². The summed E-state index contributed by atoms with van der Waals surface area (Å²) in [6.45, 7) is 9.72. The standard InChI is InChI=1S/C15H24N2O3/c1-9(2)13-7-12(17-20-13)15(18)16-8-11-5-6-19-14(11)10(3)4/h7,9-11,14H,5-6,8H2,1-4H3,(H,16,18)/t11-,14-/m1/s1. The molecule has 1 aliphatic rings. The van der Waals surface area contributed by atoms with E-state index in [-0.39, 0.29) is 17.9 Å². The minimum Gasteiger partial charge on any atom is -0.378 e. The van der Waals surface area contributed by atoms with Crippen molar-refractivity contribution in [3.8, 4) is 0 Å². The second-order valence-electron chi connectivity index (χ2n) is 6.11. The third-order valence-electron chi connectivity index (χ3n) is 3.78. The van der Waals surface area contributed by atoms with Crippen LogP contribution in [-0.2, 0) is 4.74 Å². The quantitative estimate of drug-likeness (QED) is 0.900. The van der Waals surface area contributed by atoms with Gasteiger partial charge in [0.05, 0.1) is 6.10 Å². The van der Waals surface area contributed by atoms with E-state index >= 15 is 0 Å². The normalized spacial score (nSPS) is 22.7. The van der Waals surface area contributed by atoms with E-state index in [1.165, 1.54) is 0 Å². The Bertz CT molecular complexity index is 454. The molecule has 20 heavy (non-hydrogen) atoms. The predicted molar refractivity (Wildman–Crippen MR) is 75.6 cm³/mol. The maximum absolute atomic E-state index is 12.0. The van der Waals surface area contributed by atoms with E-state index in [4.69, 9.17) is 9.26 Å². The molecule has 5 nitrogen and oxygen atoms in total. The number of amides is 1. The highest BCUT2D eigenvalue weighted by Crippen LogP contribution is 2.26. The van der Waals surface area contributed by atoms with Gasteiger partial charge in [0, 0.05) is 31.1 Å². The zero-order chi connectivity index (χ0) is 14.7. The highest BCUT2D eigenvalue weighted by Gasteiger charge is 2.31. The van der Waals surface area contributed by atoms with Crippen LogP contribution in [0.3, 0.4) is 0 Å². The van der Waals surface area contributed by atoms with Crippen molar-refractivity contribution in [3.63, 3.8) is 0 Å². The number of nitrogens with zero attached hydrogens (tertiary/aromatic N) is 1. The molecule has 1 fully saturated rings. The number of nitrogens with one attached hydrogen (secondary N) is 1. The van der Waals surface area contributed by atoms with E-state index in [2.05, 4.69) is 24.3 Å². The molecule has 0 aromatic carbocycles. The van der Waals surface area contributed by atoms with Crippen molar-refractivity contribution < 1.29 is 14.1 Å². The summed E-state index contributed by atoms with van der Waals surface area (Å²) in [4.78, 5) is 12.0. The van der Waals surface area contributed by atoms with Gasteiger partial charge in [0.15, 0.2) is 5.69 Å². The lowest BCUT2D eigenvalue weighted by Crippen LogP contribution is -2.35. The van der Waals surface area contributed by atoms with Crippen molar-refractivity contribution in [2.75, 3.05) is 13.2 Å². The molecule has 2 heterocycles. The highest BCUT2D eigenvalue weighted by atomic mass is 16.5. The number of hydrogen-bond acceptors (Lipinski definition) is 4. The summed E-state index contributed by atoms with van der Waals surface area (Å²) >= 11 is 0. The minimum absolute atomic E-state index is 0.171. The van der Waals surface area contributed by atoms with Gasteiger partial charge in [-0.1, -0.05) is 32.9 Å². The topological polar surface area (TPSA) is 64.4 Å². The molecule has 2 atom stereocenters. The van der Waals surface area contributed by atoms with Gasteiger partial charge in [-0.2, -0.15) is 0 Å². The Morgan fingerprint density at radius 2 is 2.20 bits per heavy atom. The molecule has 1 amide bonds. The molecule has 112 valence electrons. The Kier molecular flexibility index (Phi) is 4.81. The smallest absolute Gasteiger partial charge is 0.273 e. The van der Waals surface area contributed by atoms with Gasteiger partial charge in [-0.05, 0) is 12.3 Å². The second-order valence-corrected chi connectivity index (χ2v) is 6.11. The summed E-state index contributed by atoms with van der Waals surface area (Å²) in [5, 5.41) is 6.76. The maximum Gasteiger partial charge on any atom is 0.273 e. The monoisotopic (exact) mass is 280 g/mol. The van der Waals surface area contributed by atoms with Crippen LogP contribution in [-0.4, -0.2) is 30.3 Å². The molecule has 5 heteroatoms. The number of rotatable bonds is 5. The molecular formula is C15H24N2O3. The zero-order valence-electron chi connectivity index (χ0n) is 12.7. The zero-order valence-corrected chi connectivity index (χ0v) is 12.7. The summed E-state index contributed by atoms with van der Waals surface area (Å²) < 4.78 is 10.9. The van der Waals surface area contributed by atoms with E-state index in [0.29, 0.717) is 24.1 Å². The Morgan fingerprint density at radius 1 is 1.45 bits per heavy atom. The van der Waals surface area contributed by atoms with Gasteiger partial charge in [0.2, 0.25) is 0 Å². The molecular weight excluding hydrogens is 256 g/mol. The molecule has 0 saturated carbocycles. The third kappa shape index (κ3) is 3.39. The van der Waals surface area contributed by atoms with Crippen molar-refractivity contribution in [1.82, 2.24) is 10.5 Å².